The Morgan fingerprint density at radius 3 is 2.67 bits per heavy atom. The molecule has 0 bridgehead atoms. The number of Topliss-reactive ketones (excluding diaryl/α,β-unsaturated/α-hetero) is 1. The van der Waals surface area contributed by atoms with E-state index in [1.165, 1.54) is 13.0 Å². The molecule has 18 heavy (non-hydrogen) atoms. The van der Waals surface area contributed by atoms with Crippen LogP contribution in [0.5, 0.6) is 0 Å². The highest BCUT2D eigenvalue weighted by molar-refractivity contribution is 6.33. The molecule has 1 aromatic carbocycles. The molecule has 0 aliphatic carbocycles. The Kier molecular flexibility index (Phi) is 3.58. The Bertz CT molecular complexity index is 649. The number of hydrogen-bond donors (Lipinski definition) is 0. The summed E-state index contributed by atoms with van der Waals surface area (Å²) in [6.07, 6.45) is 0. The lowest BCUT2D eigenvalue weighted by Gasteiger charge is -2.06. The van der Waals surface area contributed by atoms with Gasteiger partial charge in [-0.05, 0) is 19.1 Å². The van der Waals surface area contributed by atoms with Crippen LogP contribution in [0.1, 0.15) is 6.92 Å². The molecule has 0 aliphatic heterocycles. The molecule has 2 rings (SSSR count). The number of nitrogens with zero attached hydrogens (tertiary/aromatic N) is 2. The van der Waals surface area contributed by atoms with Crippen LogP contribution in [0.4, 0.5) is 0 Å². The molecule has 0 amide bonds. The zero-order chi connectivity index (χ0) is 13.1. The minimum absolute atomic E-state index is 0.0306. The largest absolute Gasteiger partial charge is 0.298 e. The first kappa shape index (κ1) is 12.5. The Balaban J connectivity index is 2.51. The Hall–Kier alpha value is -1.94. The molecule has 0 aliphatic rings. The summed E-state index contributed by atoms with van der Waals surface area (Å²) in [7, 11) is 0. The second kappa shape index (κ2) is 5.14. The Morgan fingerprint density at radius 2 is 2.00 bits per heavy atom. The van der Waals surface area contributed by atoms with Gasteiger partial charge in [0.15, 0.2) is 5.78 Å². The summed E-state index contributed by atoms with van der Waals surface area (Å²) < 4.78 is 1.14. The van der Waals surface area contributed by atoms with Gasteiger partial charge in [0.2, 0.25) is 0 Å². The lowest BCUT2D eigenvalue weighted by molar-refractivity contribution is -0.117. The van der Waals surface area contributed by atoms with E-state index in [1.807, 2.05) is 18.2 Å². The third-order valence-corrected chi connectivity index (χ3v) is 2.72. The maximum Gasteiger partial charge on any atom is 0.267 e. The second-order valence-electron chi connectivity index (χ2n) is 3.90. The highest BCUT2D eigenvalue weighted by Gasteiger charge is 2.07. The molecular weight excluding hydrogens is 252 g/mol. The van der Waals surface area contributed by atoms with E-state index in [-0.39, 0.29) is 17.9 Å². The summed E-state index contributed by atoms with van der Waals surface area (Å²) in [5.41, 5.74) is 0.999. The molecule has 1 aromatic heterocycles. The Labute approximate surface area is 109 Å². The lowest BCUT2D eigenvalue weighted by atomic mass is 10.1. The minimum atomic E-state index is -0.305. The van der Waals surface area contributed by atoms with Gasteiger partial charge < -0.3 is 0 Å². The summed E-state index contributed by atoms with van der Waals surface area (Å²) in [6, 6.07) is 10.2. The van der Waals surface area contributed by atoms with Gasteiger partial charge in [-0.15, -0.1) is 0 Å². The van der Waals surface area contributed by atoms with Crippen molar-refractivity contribution in [3.8, 4) is 11.3 Å². The van der Waals surface area contributed by atoms with Crippen molar-refractivity contribution in [2.24, 2.45) is 0 Å². The van der Waals surface area contributed by atoms with Gasteiger partial charge in [-0.1, -0.05) is 29.8 Å². The summed E-state index contributed by atoms with van der Waals surface area (Å²) in [5, 5.41) is 4.70. The molecule has 0 saturated heterocycles. The molecular formula is C13H11ClN2O2. The molecule has 0 saturated carbocycles. The molecule has 2 aromatic rings. The van der Waals surface area contributed by atoms with Crippen molar-refractivity contribution in [1.82, 2.24) is 9.78 Å². The fourth-order valence-electron chi connectivity index (χ4n) is 1.59. The normalized spacial score (nSPS) is 10.3. The van der Waals surface area contributed by atoms with Crippen molar-refractivity contribution in [1.29, 1.82) is 0 Å². The van der Waals surface area contributed by atoms with Crippen molar-refractivity contribution < 1.29 is 4.79 Å². The summed E-state index contributed by atoms with van der Waals surface area (Å²) >= 11 is 6.06. The first-order valence-corrected chi connectivity index (χ1v) is 5.78. The van der Waals surface area contributed by atoms with Crippen LogP contribution < -0.4 is 5.56 Å². The first-order valence-electron chi connectivity index (χ1n) is 5.40. The average Bonchev–Trinajstić information content (AvgIpc) is 2.32. The minimum Gasteiger partial charge on any atom is -0.298 e. The number of carbonyl (C=O) groups is 1. The number of benzene rings is 1. The fraction of sp³-hybridized carbons (Fsp3) is 0.154. The van der Waals surface area contributed by atoms with Crippen molar-refractivity contribution in [3.63, 3.8) is 0 Å². The number of hydrogen-bond acceptors (Lipinski definition) is 3. The molecule has 0 spiro atoms. The van der Waals surface area contributed by atoms with Gasteiger partial charge in [0.1, 0.15) is 6.54 Å². The molecule has 0 radical (unpaired) electrons. The van der Waals surface area contributed by atoms with Crippen LogP contribution in [-0.4, -0.2) is 15.6 Å². The maximum absolute atomic E-state index is 11.5. The number of halogens is 1. The quantitative estimate of drug-likeness (QED) is 0.852. The predicted molar refractivity (Wildman–Crippen MR) is 69.6 cm³/mol. The van der Waals surface area contributed by atoms with Gasteiger partial charge in [0.05, 0.1) is 10.7 Å². The van der Waals surface area contributed by atoms with Crippen molar-refractivity contribution in [2.45, 2.75) is 13.5 Å². The second-order valence-corrected chi connectivity index (χ2v) is 4.30. The number of rotatable bonds is 3. The van der Waals surface area contributed by atoms with E-state index in [0.717, 1.165) is 10.2 Å². The maximum atomic E-state index is 11.5. The summed E-state index contributed by atoms with van der Waals surface area (Å²) in [6.45, 7) is 1.38. The number of ketones is 1. The van der Waals surface area contributed by atoms with Gasteiger partial charge in [0, 0.05) is 11.6 Å². The van der Waals surface area contributed by atoms with Crippen LogP contribution >= 0.6 is 11.6 Å². The van der Waals surface area contributed by atoms with Crippen molar-refractivity contribution in [2.75, 3.05) is 0 Å². The van der Waals surface area contributed by atoms with Gasteiger partial charge in [-0.2, -0.15) is 5.10 Å². The summed E-state index contributed by atoms with van der Waals surface area (Å²) in [5.74, 6) is -0.124. The third kappa shape index (κ3) is 2.65. The van der Waals surface area contributed by atoms with Crippen LogP contribution in [0.2, 0.25) is 5.02 Å². The van der Waals surface area contributed by atoms with Crippen molar-refractivity contribution in [3.05, 3.63) is 51.8 Å². The topological polar surface area (TPSA) is 52.0 Å². The standard InChI is InChI=1S/C13H11ClN2O2/c1-9(17)8-16-13(18)7-6-12(15-16)10-4-2-3-5-11(10)14/h2-7H,8H2,1H3. The zero-order valence-corrected chi connectivity index (χ0v) is 10.5. The lowest BCUT2D eigenvalue weighted by Crippen LogP contribution is -2.25. The van der Waals surface area contributed by atoms with Crippen molar-refractivity contribution >= 4 is 17.4 Å². The summed E-state index contributed by atoms with van der Waals surface area (Å²) in [4.78, 5) is 22.6. The van der Waals surface area contributed by atoms with Crippen LogP contribution in [-0.2, 0) is 11.3 Å². The van der Waals surface area contributed by atoms with Crippen LogP contribution in [0.3, 0.4) is 0 Å². The molecule has 0 unspecified atom stereocenters. The number of aromatic nitrogens is 2. The molecule has 0 fully saturated rings. The highest BCUT2D eigenvalue weighted by atomic mass is 35.5. The molecule has 0 atom stereocenters. The van der Waals surface area contributed by atoms with Gasteiger partial charge in [0.25, 0.3) is 5.56 Å². The molecule has 4 nitrogen and oxygen atoms in total. The zero-order valence-electron chi connectivity index (χ0n) is 9.76. The van der Waals surface area contributed by atoms with E-state index >= 15 is 0 Å². The van der Waals surface area contributed by atoms with Gasteiger partial charge >= 0.3 is 0 Å². The van der Waals surface area contributed by atoms with Crippen LogP contribution in [0.25, 0.3) is 11.3 Å². The smallest absolute Gasteiger partial charge is 0.267 e. The Morgan fingerprint density at radius 1 is 1.28 bits per heavy atom. The fourth-order valence-corrected chi connectivity index (χ4v) is 1.82. The van der Waals surface area contributed by atoms with E-state index in [9.17, 15) is 9.59 Å². The van der Waals surface area contributed by atoms with E-state index in [4.69, 9.17) is 11.6 Å². The predicted octanol–water partition coefficient (Wildman–Crippen LogP) is 2.15. The third-order valence-electron chi connectivity index (χ3n) is 2.39. The van der Waals surface area contributed by atoms with E-state index in [0.29, 0.717) is 10.7 Å². The molecule has 5 heteroatoms. The van der Waals surface area contributed by atoms with Crippen LogP contribution in [0.15, 0.2) is 41.2 Å². The molecule has 92 valence electrons. The van der Waals surface area contributed by atoms with E-state index in [1.54, 1.807) is 12.1 Å². The first-order chi connectivity index (χ1) is 8.58. The van der Waals surface area contributed by atoms with E-state index in [2.05, 4.69) is 5.10 Å². The monoisotopic (exact) mass is 262 g/mol. The molecule has 1 heterocycles. The number of carbonyl (C=O) groups excluding carboxylic acids is 1. The van der Waals surface area contributed by atoms with E-state index < -0.39 is 0 Å². The average molecular weight is 263 g/mol. The highest BCUT2D eigenvalue weighted by Crippen LogP contribution is 2.24. The van der Waals surface area contributed by atoms with Crippen LogP contribution in [0, 0.1) is 0 Å². The van der Waals surface area contributed by atoms with Gasteiger partial charge in [-0.3, -0.25) is 9.59 Å². The molecule has 0 N–H and O–H groups in total. The SMILES string of the molecule is CC(=O)Cn1nc(-c2ccccc2Cl)ccc1=O. The van der Waals surface area contributed by atoms with Gasteiger partial charge in [-0.25, -0.2) is 4.68 Å².